The first-order chi connectivity index (χ1) is 11.0. The summed E-state index contributed by atoms with van der Waals surface area (Å²) in [5, 5.41) is 14.2. The van der Waals surface area contributed by atoms with Crippen molar-refractivity contribution in [3.8, 4) is 5.69 Å². The van der Waals surface area contributed by atoms with E-state index in [4.69, 9.17) is 11.6 Å². The summed E-state index contributed by atoms with van der Waals surface area (Å²) >= 11 is 5.88. The van der Waals surface area contributed by atoms with Gasteiger partial charge >= 0.3 is 5.97 Å². The molecule has 0 fully saturated rings. The molecule has 6 heteroatoms. The van der Waals surface area contributed by atoms with E-state index in [0.717, 1.165) is 0 Å². The Hall–Kier alpha value is -1.88. The summed E-state index contributed by atoms with van der Waals surface area (Å²) in [4.78, 5) is 11.9. The van der Waals surface area contributed by atoms with Crippen LogP contribution in [0.4, 0.5) is 4.39 Å². The van der Waals surface area contributed by atoms with Crippen LogP contribution in [-0.4, -0.2) is 20.9 Å². The van der Waals surface area contributed by atoms with Gasteiger partial charge in [0, 0.05) is 0 Å². The highest BCUT2D eigenvalue weighted by Crippen LogP contribution is 2.31. The van der Waals surface area contributed by atoms with Gasteiger partial charge in [-0.3, -0.25) is 0 Å². The van der Waals surface area contributed by atoms with E-state index in [1.54, 1.807) is 10.7 Å². The molecular weight excluding hydrogens is 331 g/mol. The van der Waals surface area contributed by atoms with Gasteiger partial charge in [0.15, 0.2) is 0 Å². The van der Waals surface area contributed by atoms with Crippen LogP contribution in [0, 0.1) is 11.2 Å². The van der Waals surface area contributed by atoms with Crippen LogP contribution >= 0.6 is 11.6 Å². The molecule has 0 bridgehead atoms. The van der Waals surface area contributed by atoms with Crippen LogP contribution in [0.2, 0.25) is 5.02 Å². The maximum absolute atomic E-state index is 13.5. The quantitative estimate of drug-likeness (QED) is 0.835. The first-order valence-electron chi connectivity index (χ1n) is 7.82. The summed E-state index contributed by atoms with van der Waals surface area (Å²) < 4.78 is 15.0. The normalized spacial score (nSPS) is 12.0. The minimum atomic E-state index is -1.00. The molecule has 0 spiro atoms. The fraction of sp³-hybridized carbons (Fsp3) is 0.444. The predicted molar refractivity (Wildman–Crippen MR) is 92.7 cm³/mol. The van der Waals surface area contributed by atoms with E-state index < -0.39 is 11.8 Å². The third-order valence-electron chi connectivity index (χ3n) is 3.60. The SMILES string of the molecule is CC(C)c1c(C(=O)O)c(CC(C)(C)C)nn1-c1ccc(F)c(Cl)c1. The Morgan fingerprint density at radius 3 is 2.46 bits per heavy atom. The highest BCUT2D eigenvalue weighted by molar-refractivity contribution is 6.30. The molecule has 0 aliphatic carbocycles. The van der Waals surface area contributed by atoms with Gasteiger partial charge in [0.25, 0.3) is 0 Å². The molecule has 1 N–H and O–H groups in total. The fourth-order valence-electron chi connectivity index (χ4n) is 2.68. The summed E-state index contributed by atoms with van der Waals surface area (Å²) in [7, 11) is 0. The highest BCUT2D eigenvalue weighted by Gasteiger charge is 2.28. The molecular formula is C18H22ClFN2O2. The zero-order chi connectivity index (χ0) is 18.2. The van der Waals surface area contributed by atoms with Crippen LogP contribution in [0.3, 0.4) is 0 Å². The Morgan fingerprint density at radius 2 is 2.00 bits per heavy atom. The molecule has 0 aliphatic heterocycles. The molecule has 0 radical (unpaired) electrons. The number of hydrogen-bond donors (Lipinski definition) is 1. The largest absolute Gasteiger partial charge is 0.478 e. The molecule has 2 rings (SSSR count). The Bertz CT molecular complexity index is 776. The van der Waals surface area contributed by atoms with E-state index in [9.17, 15) is 14.3 Å². The average Bonchev–Trinajstić information content (AvgIpc) is 2.79. The van der Waals surface area contributed by atoms with Gasteiger partial charge in [0.05, 0.1) is 22.1 Å². The van der Waals surface area contributed by atoms with Crippen LogP contribution in [-0.2, 0) is 6.42 Å². The van der Waals surface area contributed by atoms with Gasteiger partial charge in [-0.25, -0.2) is 13.9 Å². The second-order valence-electron chi connectivity index (χ2n) is 7.41. The number of carboxylic acid groups (broad SMARTS) is 1. The molecule has 1 heterocycles. The van der Waals surface area contributed by atoms with Gasteiger partial charge in [0.1, 0.15) is 11.4 Å². The molecule has 0 saturated heterocycles. The number of benzene rings is 1. The number of nitrogens with zero attached hydrogens (tertiary/aromatic N) is 2. The van der Waals surface area contributed by atoms with Crippen molar-refractivity contribution in [1.29, 1.82) is 0 Å². The molecule has 24 heavy (non-hydrogen) atoms. The zero-order valence-corrected chi connectivity index (χ0v) is 15.3. The van der Waals surface area contributed by atoms with E-state index in [0.29, 0.717) is 23.5 Å². The Morgan fingerprint density at radius 1 is 1.38 bits per heavy atom. The molecule has 2 aromatic rings. The van der Waals surface area contributed by atoms with E-state index in [1.165, 1.54) is 12.1 Å². The van der Waals surface area contributed by atoms with E-state index in [2.05, 4.69) is 5.10 Å². The van der Waals surface area contributed by atoms with Gasteiger partial charge in [-0.2, -0.15) is 5.10 Å². The molecule has 4 nitrogen and oxygen atoms in total. The number of halogens is 2. The second-order valence-corrected chi connectivity index (χ2v) is 7.82. The van der Waals surface area contributed by atoms with Crippen molar-refractivity contribution in [1.82, 2.24) is 9.78 Å². The first-order valence-corrected chi connectivity index (χ1v) is 8.19. The minimum absolute atomic E-state index is 0.0213. The number of carbonyl (C=O) groups is 1. The van der Waals surface area contributed by atoms with Gasteiger partial charge in [0.2, 0.25) is 0 Å². The Labute approximate surface area is 146 Å². The summed E-state index contributed by atoms with van der Waals surface area (Å²) in [6, 6.07) is 4.27. The molecule has 130 valence electrons. The Kier molecular flexibility index (Phi) is 5.04. The maximum atomic E-state index is 13.5. The molecule has 1 aromatic carbocycles. The number of hydrogen-bond acceptors (Lipinski definition) is 2. The lowest BCUT2D eigenvalue weighted by Crippen LogP contribution is -2.13. The summed E-state index contributed by atoms with van der Waals surface area (Å²) in [6.45, 7) is 9.91. The monoisotopic (exact) mass is 352 g/mol. The summed E-state index contributed by atoms with van der Waals surface area (Å²) in [5.41, 5.74) is 1.77. The third kappa shape index (κ3) is 3.78. The maximum Gasteiger partial charge on any atom is 0.339 e. The molecule has 0 amide bonds. The third-order valence-corrected chi connectivity index (χ3v) is 3.89. The molecule has 0 unspecified atom stereocenters. The molecule has 0 saturated carbocycles. The average molecular weight is 353 g/mol. The van der Waals surface area contributed by atoms with Gasteiger partial charge < -0.3 is 5.11 Å². The van der Waals surface area contributed by atoms with Gasteiger partial charge in [-0.15, -0.1) is 0 Å². The minimum Gasteiger partial charge on any atom is -0.478 e. The van der Waals surface area contributed by atoms with Crippen molar-refractivity contribution in [3.05, 3.63) is 46.0 Å². The lowest BCUT2D eigenvalue weighted by Gasteiger charge is -2.16. The van der Waals surface area contributed by atoms with E-state index in [-0.39, 0.29) is 21.9 Å². The zero-order valence-electron chi connectivity index (χ0n) is 14.5. The van der Waals surface area contributed by atoms with Crippen molar-refractivity contribution in [2.24, 2.45) is 5.41 Å². The fourth-order valence-corrected chi connectivity index (χ4v) is 2.86. The number of aromatic carboxylic acids is 1. The van der Waals surface area contributed by atoms with Crippen molar-refractivity contribution >= 4 is 17.6 Å². The van der Waals surface area contributed by atoms with Gasteiger partial charge in [-0.1, -0.05) is 46.2 Å². The van der Waals surface area contributed by atoms with Crippen LogP contribution < -0.4 is 0 Å². The van der Waals surface area contributed by atoms with Crippen molar-refractivity contribution in [2.45, 2.75) is 47.0 Å². The van der Waals surface area contributed by atoms with Crippen molar-refractivity contribution in [3.63, 3.8) is 0 Å². The smallest absolute Gasteiger partial charge is 0.339 e. The summed E-state index contributed by atoms with van der Waals surface area (Å²) in [6.07, 6.45) is 0.524. The molecule has 0 aliphatic rings. The first kappa shape index (κ1) is 18.5. The van der Waals surface area contributed by atoms with Gasteiger partial charge in [-0.05, 0) is 36.0 Å². The van der Waals surface area contributed by atoms with Crippen LogP contribution in [0.1, 0.15) is 62.3 Å². The topological polar surface area (TPSA) is 55.1 Å². The standard InChI is InChI=1S/C18H22ClFN2O2/c1-10(2)16-15(17(23)24)14(9-18(3,4)5)21-22(16)11-6-7-13(20)12(19)8-11/h6-8,10H,9H2,1-5H3,(H,23,24). The summed E-state index contributed by atoms with van der Waals surface area (Å²) in [5.74, 6) is -1.59. The van der Waals surface area contributed by atoms with Crippen LogP contribution in [0.5, 0.6) is 0 Å². The lowest BCUT2D eigenvalue weighted by molar-refractivity contribution is 0.0693. The molecule has 1 aromatic heterocycles. The second kappa shape index (κ2) is 6.55. The lowest BCUT2D eigenvalue weighted by atomic mass is 9.88. The van der Waals surface area contributed by atoms with Crippen LogP contribution in [0.15, 0.2) is 18.2 Å². The van der Waals surface area contributed by atoms with Crippen molar-refractivity contribution < 1.29 is 14.3 Å². The number of rotatable bonds is 4. The molecule has 0 atom stereocenters. The van der Waals surface area contributed by atoms with Crippen LogP contribution in [0.25, 0.3) is 5.69 Å². The van der Waals surface area contributed by atoms with E-state index >= 15 is 0 Å². The van der Waals surface area contributed by atoms with Crippen molar-refractivity contribution in [2.75, 3.05) is 0 Å². The number of aromatic nitrogens is 2. The van der Waals surface area contributed by atoms with E-state index in [1.807, 2.05) is 34.6 Å². The predicted octanol–water partition coefficient (Wildman–Crippen LogP) is 5.08. The Balaban J connectivity index is 2.72. The number of carboxylic acids is 1. The highest BCUT2D eigenvalue weighted by atomic mass is 35.5.